The van der Waals surface area contributed by atoms with E-state index in [1.54, 1.807) is 0 Å². The van der Waals surface area contributed by atoms with Gasteiger partial charge in [0.1, 0.15) is 0 Å². The van der Waals surface area contributed by atoms with Crippen molar-refractivity contribution in [1.29, 1.82) is 0 Å². The van der Waals surface area contributed by atoms with E-state index >= 15 is 0 Å². The first-order chi connectivity index (χ1) is 11.1. The van der Waals surface area contributed by atoms with E-state index in [0.717, 1.165) is 58.9 Å². The first-order valence-electron chi connectivity index (χ1n) is 9.45. The van der Waals surface area contributed by atoms with Crippen molar-refractivity contribution in [2.24, 2.45) is 17.8 Å². The van der Waals surface area contributed by atoms with E-state index in [4.69, 9.17) is 4.74 Å². The summed E-state index contributed by atoms with van der Waals surface area (Å²) in [6.45, 7) is 12.3. The molecule has 0 aromatic rings. The molecule has 0 aromatic heterocycles. The summed E-state index contributed by atoms with van der Waals surface area (Å²) in [5.74, 6) is 2.10. The van der Waals surface area contributed by atoms with Gasteiger partial charge in [0.05, 0.1) is 13.2 Å². The Kier molecular flexibility index (Phi) is 5.94. The van der Waals surface area contributed by atoms with Crippen molar-refractivity contribution in [3.63, 3.8) is 0 Å². The lowest BCUT2D eigenvalue weighted by molar-refractivity contribution is -0.131. The average Bonchev–Trinajstić information content (AvgIpc) is 2.98. The van der Waals surface area contributed by atoms with Gasteiger partial charge in [0.25, 0.3) is 0 Å². The minimum atomic E-state index is 0.366. The Morgan fingerprint density at radius 2 is 2.09 bits per heavy atom. The van der Waals surface area contributed by atoms with Gasteiger partial charge in [-0.1, -0.05) is 13.8 Å². The summed E-state index contributed by atoms with van der Waals surface area (Å²) in [6, 6.07) is 0.523. The smallest absolute Gasteiger partial charge is 0.222 e. The van der Waals surface area contributed by atoms with Crippen LogP contribution in [0, 0.1) is 17.8 Å². The number of likely N-dealkylation sites (tertiary alicyclic amines) is 1. The van der Waals surface area contributed by atoms with Crippen LogP contribution in [0.3, 0.4) is 0 Å². The van der Waals surface area contributed by atoms with Crippen LogP contribution in [-0.4, -0.2) is 74.2 Å². The number of nitrogens with one attached hydrogen (secondary N) is 1. The normalized spacial score (nSPS) is 34.5. The molecule has 3 heterocycles. The molecule has 4 unspecified atom stereocenters. The van der Waals surface area contributed by atoms with E-state index in [1.165, 1.54) is 12.8 Å². The molecule has 3 rings (SSSR count). The van der Waals surface area contributed by atoms with Crippen molar-refractivity contribution in [2.75, 3.05) is 52.5 Å². The maximum Gasteiger partial charge on any atom is 0.222 e. The fraction of sp³-hybridized carbons (Fsp3) is 0.944. The van der Waals surface area contributed by atoms with E-state index in [9.17, 15) is 4.79 Å². The minimum Gasteiger partial charge on any atom is -0.379 e. The predicted molar refractivity (Wildman–Crippen MR) is 91.3 cm³/mol. The zero-order valence-electron chi connectivity index (χ0n) is 14.8. The van der Waals surface area contributed by atoms with Gasteiger partial charge in [0.2, 0.25) is 5.91 Å². The maximum atomic E-state index is 12.7. The Morgan fingerprint density at radius 1 is 1.30 bits per heavy atom. The largest absolute Gasteiger partial charge is 0.379 e. The molecule has 0 aromatic carbocycles. The molecule has 0 bridgehead atoms. The number of rotatable bonds is 4. The number of hydrogen-bond acceptors (Lipinski definition) is 4. The zero-order chi connectivity index (χ0) is 16.2. The second-order valence-corrected chi connectivity index (χ2v) is 7.78. The van der Waals surface area contributed by atoms with Crippen LogP contribution in [0.2, 0.25) is 0 Å². The molecule has 5 nitrogen and oxygen atoms in total. The lowest BCUT2D eigenvalue weighted by atomic mass is 9.85. The summed E-state index contributed by atoms with van der Waals surface area (Å²) >= 11 is 0. The van der Waals surface area contributed by atoms with E-state index < -0.39 is 0 Å². The SMILES string of the molecule is CC(CC(=O)N1CC(C)C(N2CCOCC2)C1)C1CCCNC1. The van der Waals surface area contributed by atoms with Crippen LogP contribution < -0.4 is 5.32 Å². The van der Waals surface area contributed by atoms with Gasteiger partial charge in [0.15, 0.2) is 0 Å². The van der Waals surface area contributed by atoms with Crippen LogP contribution in [0.25, 0.3) is 0 Å². The summed E-state index contributed by atoms with van der Waals surface area (Å²) in [4.78, 5) is 17.4. The summed E-state index contributed by atoms with van der Waals surface area (Å²) < 4.78 is 5.46. The lowest BCUT2D eigenvalue weighted by Crippen LogP contribution is -2.47. The van der Waals surface area contributed by atoms with Crippen LogP contribution in [0.1, 0.15) is 33.1 Å². The van der Waals surface area contributed by atoms with Crippen molar-refractivity contribution in [2.45, 2.75) is 39.2 Å². The third kappa shape index (κ3) is 4.25. The predicted octanol–water partition coefficient (Wildman–Crippen LogP) is 1.19. The number of morpholine rings is 1. The standard InChI is InChI=1S/C18H33N3O2/c1-14(16-4-3-5-19-11-16)10-18(22)21-12-15(2)17(13-21)20-6-8-23-9-7-20/h14-17,19H,3-13H2,1-2H3. The van der Waals surface area contributed by atoms with Crippen molar-refractivity contribution in [1.82, 2.24) is 15.1 Å². The highest BCUT2D eigenvalue weighted by molar-refractivity contribution is 5.76. The second-order valence-electron chi connectivity index (χ2n) is 7.78. The Bertz CT molecular complexity index is 392. The maximum absolute atomic E-state index is 12.7. The van der Waals surface area contributed by atoms with E-state index in [-0.39, 0.29) is 0 Å². The molecular weight excluding hydrogens is 290 g/mol. The van der Waals surface area contributed by atoms with Crippen molar-refractivity contribution in [3.8, 4) is 0 Å². The molecule has 23 heavy (non-hydrogen) atoms. The van der Waals surface area contributed by atoms with Gasteiger partial charge in [-0.3, -0.25) is 9.69 Å². The molecule has 3 aliphatic rings. The molecule has 3 aliphatic heterocycles. The van der Waals surface area contributed by atoms with Gasteiger partial charge >= 0.3 is 0 Å². The van der Waals surface area contributed by atoms with Crippen LogP contribution >= 0.6 is 0 Å². The highest BCUT2D eigenvalue weighted by Gasteiger charge is 2.37. The van der Waals surface area contributed by atoms with Gasteiger partial charge in [-0.05, 0) is 43.7 Å². The van der Waals surface area contributed by atoms with E-state index in [1.807, 2.05) is 0 Å². The molecule has 132 valence electrons. The highest BCUT2D eigenvalue weighted by atomic mass is 16.5. The molecule has 1 amide bonds. The van der Waals surface area contributed by atoms with Gasteiger partial charge in [-0.2, -0.15) is 0 Å². The molecule has 5 heteroatoms. The van der Waals surface area contributed by atoms with Crippen LogP contribution in [0.5, 0.6) is 0 Å². The quantitative estimate of drug-likeness (QED) is 0.844. The molecule has 3 fully saturated rings. The third-order valence-electron chi connectivity index (χ3n) is 6.08. The van der Waals surface area contributed by atoms with Crippen molar-refractivity contribution < 1.29 is 9.53 Å². The monoisotopic (exact) mass is 323 g/mol. The summed E-state index contributed by atoms with van der Waals surface area (Å²) in [7, 11) is 0. The number of carbonyl (C=O) groups is 1. The topological polar surface area (TPSA) is 44.8 Å². The second kappa shape index (κ2) is 7.95. The highest BCUT2D eigenvalue weighted by Crippen LogP contribution is 2.27. The number of hydrogen-bond donors (Lipinski definition) is 1. The molecule has 0 saturated carbocycles. The molecule has 1 N–H and O–H groups in total. The Balaban J connectivity index is 1.49. The fourth-order valence-corrected chi connectivity index (χ4v) is 4.47. The minimum absolute atomic E-state index is 0.366. The molecule has 3 saturated heterocycles. The number of ether oxygens (including phenoxy) is 1. The number of nitrogens with zero attached hydrogens (tertiary/aromatic N) is 2. The Labute approximate surface area is 140 Å². The summed E-state index contributed by atoms with van der Waals surface area (Å²) in [5.41, 5.74) is 0. The molecule has 0 radical (unpaired) electrons. The molecular formula is C18H33N3O2. The number of amides is 1. The molecule has 4 atom stereocenters. The van der Waals surface area contributed by atoms with Crippen LogP contribution in [0.4, 0.5) is 0 Å². The number of piperidine rings is 1. The van der Waals surface area contributed by atoms with Crippen LogP contribution in [0.15, 0.2) is 0 Å². The van der Waals surface area contributed by atoms with E-state index in [2.05, 4.69) is 29.0 Å². The van der Waals surface area contributed by atoms with E-state index in [0.29, 0.717) is 29.7 Å². The zero-order valence-corrected chi connectivity index (χ0v) is 14.8. The van der Waals surface area contributed by atoms with Gasteiger partial charge in [0, 0.05) is 38.6 Å². The summed E-state index contributed by atoms with van der Waals surface area (Å²) in [6.07, 6.45) is 3.24. The molecule has 0 aliphatic carbocycles. The fourth-order valence-electron chi connectivity index (χ4n) is 4.47. The molecule has 0 spiro atoms. The van der Waals surface area contributed by atoms with Crippen LogP contribution in [-0.2, 0) is 9.53 Å². The summed E-state index contributed by atoms with van der Waals surface area (Å²) in [5, 5.41) is 3.47. The number of carbonyl (C=O) groups excluding carboxylic acids is 1. The Hall–Kier alpha value is -0.650. The van der Waals surface area contributed by atoms with Crippen molar-refractivity contribution >= 4 is 5.91 Å². The van der Waals surface area contributed by atoms with Crippen molar-refractivity contribution in [3.05, 3.63) is 0 Å². The lowest BCUT2D eigenvalue weighted by Gasteiger charge is -2.34. The van der Waals surface area contributed by atoms with Gasteiger partial charge in [-0.25, -0.2) is 0 Å². The van der Waals surface area contributed by atoms with Gasteiger partial charge in [-0.15, -0.1) is 0 Å². The first-order valence-corrected chi connectivity index (χ1v) is 9.45. The van der Waals surface area contributed by atoms with Gasteiger partial charge < -0.3 is 15.0 Å². The first kappa shape index (κ1) is 17.2. The average molecular weight is 323 g/mol. The third-order valence-corrected chi connectivity index (χ3v) is 6.08. The Morgan fingerprint density at radius 3 is 2.78 bits per heavy atom.